The molecule has 1 aliphatic carbocycles. The van der Waals surface area contributed by atoms with E-state index in [1.54, 1.807) is 0 Å². The fourth-order valence-electron chi connectivity index (χ4n) is 2.68. The van der Waals surface area contributed by atoms with Crippen LogP contribution in [-0.2, 0) is 0 Å². The second kappa shape index (κ2) is 5.38. The Morgan fingerprint density at radius 2 is 1.85 bits per heavy atom. The van der Waals surface area contributed by atoms with E-state index in [4.69, 9.17) is 6.42 Å². The van der Waals surface area contributed by atoms with Crippen LogP contribution in [0.1, 0.15) is 29.9 Å². The molecule has 2 heteroatoms. The highest BCUT2D eigenvalue weighted by molar-refractivity contribution is 5.51. The van der Waals surface area contributed by atoms with Crippen molar-refractivity contribution in [2.45, 2.75) is 24.8 Å². The van der Waals surface area contributed by atoms with Gasteiger partial charge in [0.2, 0.25) is 0 Å². The van der Waals surface area contributed by atoms with Crippen LogP contribution in [0.3, 0.4) is 0 Å². The van der Waals surface area contributed by atoms with Crippen molar-refractivity contribution < 1.29 is 4.39 Å². The molecule has 0 bridgehead atoms. The normalized spacial score (nSPS) is 20.8. The Balaban J connectivity index is 1.58. The van der Waals surface area contributed by atoms with Gasteiger partial charge in [0.1, 0.15) is 5.82 Å². The van der Waals surface area contributed by atoms with Gasteiger partial charge in [-0.1, -0.05) is 24.1 Å². The van der Waals surface area contributed by atoms with Crippen molar-refractivity contribution in [3.8, 4) is 12.3 Å². The summed E-state index contributed by atoms with van der Waals surface area (Å²) in [5, 5.41) is 3.49. The van der Waals surface area contributed by atoms with Crippen molar-refractivity contribution in [2.24, 2.45) is 0 Å². The molecule has 1 nitrogen and oxygen atoms in total. The Morgan fingerprint density at radius 1 is 1.10 bits per heavy atom. The topological polar surface area (TPSA) is 12.0 Å². The molecule has 100 valence electrons. The summed E-state index contributed by atoms with van der Waals surface area (Å²) in [6.07, 6.45) is 7.55. The lowest BCUT2D eigenvalue weighted by atomic mass is 9.76. The van der Waals surface area contributed by atoms with Crippen molar-refractivity contribution in [3.63, 3.8) is 0 Å². The quantitative estimate of drug-likeness (QED) is 0.821. The maximum Gasteiger partial charge on any atom is 0.123 e. The van der Waals surface area contributed by atoms with Gasteiger partial charge in [-0.05, 0) is 54.7 Å². The van der Waals surface area contributed by atoms with Crippen LogP contribution in [0.4, 0.5) is 10.1 Å². The largest absolute Gasteiger partial charge is 0.382 e. The summed E-state index contributed by atoms with van der Waals surface area (Å²) < 4.78 is 12.9. The van der Waals surface area contributed by atoms with Gasteiger partial charge >= 0.3 is 0 Å². The first kappa shape index (κ1) is 12.7. The molecule has 3 rings (SSSR count). The van der Waals surface area contributed by atoms with Crippen LogP contribution >= 0.6 is 0 Å². The van der Waals surface area contributed by atoms with Crippen molar-refractivity contribution in [2.75, 3.05) is 5.32 Å². The standard InChI is InChI=1S/C18H16FN/c1-2-13-4-3-5-17(10-13)20-18-11-15(12-18)14-6-8-16(19)9-7-14/h1,3-10,15,18,20H,11-12H2. The highest BCUT2D eigenvalue weighted by Gasteiger charge is 2.30. The van der Waals surface area contributed by atoms with Gasteiger partial charge < -0.3 is 5.32 Å². The molecule has 0 saturated heterocycles. The molecule has 0 heterocycles. The van der Waals surface area contributed by atoms with Crippen LogP contribution in [0, 0.1) is 18.2 Å². The summed E-state index contributed by atoms with van der Waals surface area (Å²) in [4.78, 5) is 0. The Labute approximate surface area is 118 Å². The lowest BCUT2D eigenvalue weighted by Crippen LogP contribution is -2.33. The SMILES string of the molecule is C#Cc1cccc(NC2CC(c3ccc(F)cc3)C2)c1. The predicted octanol–water partition coefficient (Wildman–Crippen LogP) is 4.17. The Morgan fingerprint density at radius 3 is 2.55 bits per heavy atom. The van der Waals surface area contributed by atoms with Gasteiger partial charge in [-0.3, -0.25) is 0 Å². The molecule has 0 atom stereocenters. The van der Waals surface area contributed by atoms with Gasteiger partial charge in [-0.2, -0.15) is 0 Å². The van der Waals surface area contributed by atoms with Gasteiger partial charge in [0, 0.05) is 17.3 Å². The van der Waals surface area contributed by atoms with E-state index in [0.717, 1.165) is 24.1 Å². The Hall–Kier alpha value is -2.27. The van der Waals surface area contributed by atoms with E-state index < -0.39 is 0 Å². The molecule has 0 aliphatic heterocycles. The first-order valence-corrected chi connectivity index (χ1v) is 6.83. The summed E-state index contributed by atoms with van der Waals surface area (Å²) >= 11 is 0. The minimum atomic E-state index is -0.172. The monoisotopic (exact) mass is 265 g/mol. The number of terminal acetylenes is 1. The number of hydrogen-bond donors (Lipinski definition) is 1. The second-order valence-electron chi connectivity index (χ2n) is 5.29. The predicted molar refractivity (Wildman–Crippen MR) is 80.2 cm³/mol. The fraction of sp³-hybridized carbons (Fsp3) is 0.222. The number of halogens is 1. The minimum absolute atomic E-state index is 0.172. The zero-order chi connectivity index (χ0) is 13.9. The van der Waals surface area contributed by atoms with E-state index in [0.29, 0.717) is 12.0 Å². The maximum atomic E-state index is 12.9. The average molecular weight is 265 g/mol. The third-order valence-corrected chi connectivity index (χ3v) is 3.88. The van der Waals surface area contributed by atoms with Gasteiger partial charge in [0.25, 0.3) is 0 Å². The first-order chi connectivity index (χ1) is 9.74. The van der Waals surface area contributed by atoms with Crippen LogP contribution in [0.25, 0.3) is 0 Å². The number of nitrogens with one attached hydrogen (secondary N) is 1. The van der Waals surface area contributed by atoms with Gasteiger partial charge in [-0.25, -0.2) is 4.39 Å². The maximum absolute atomic E-state index is 12.9. The molecule has 0 unspecified atom stereocenters. The number of rotatable bonds is 3. The molecule has 0 radical (unpaired) electrons. The zero-order valence-corrected chi connectivity index (χ0v) is 11.1. The molecule has 1 aliphatic rings. The lowest BCUT2D eigenvalue weighted by molar-refractivity contribution is 0.374. The highest BCUT2D eigenvalue weighted by atomic mass is 19.1. The molecule has 1 N–H and O–H groups in total. The van der Waals surface area contributed by atoms with E-state index in [2.05, 4.69) is 11.2 Å². The van der Waals surface area contributed by atoms with Crippen molar-refractivity contribution in [1.82, 2.24) is 0 Å². The molecule has 20 heavy (non-hydrogen) atoms. The summed E-state index contributed by atoms with van der Waals surface area (Å²) in [6.45, 7) is 0. The van der Waals surface area contributed by atoms with Crippen molar-refractivity contribution in [3.05, 3.63) is 65.5 Å². The molecular weight excluding hydrogens is 249 g/mol. The van der Waals surface area contributed by atoms with Crippen molar-refractivity contribution >= 4 is 5.69 Å². The van der Waals surface area contributed by atoms with Crippen LogP contribution in [-0.4, -0.2) is 6.04 Å². The third-order valence-electron chi connectivity index (χ3n) is 3.88. The summed E-state index contributed by atoms with van der Waals surface area (Å²) in [6, 6.07) is 15.2. The number of anilines is 1. The summed E-state index contributed by atoms with van der Waals surface area (Å²) in [5.41, 5.74) is 3.19. The van der Waals surface area contributed by atoms with Gasteiger partial charge in [0.05, 0.1) is 0 Å². The fourth-order valence-corrected chi connectivity index (χ4v) is 2.68. The summed E-state index contributed by atoms with van der Waals surface area (Å²) in [7, 11) is 0. The second-order valence-corrected chi connectivity index (χ2v) is 5.29. The molecule has 1 saturated carbocycles. The minimum Gasteiger partial charge on any atom is -0.382 e. The first-order valence-electron chi connectivity index (χ1n) is 6.83. The van der Waals surface area contributed by atoms with Crippen LogP contribution < -0.4 is 5.32 Å². The molecule has 0 spiro atoms. The third kappa shape index (κ3) is 2.67. The molecule has 0 amide bonds. The average Bonchev–Trinajstić information content (AvgIpc) is 2.44. The number of benzene rings is 2. The van der Waals surface area contributed by atoms with Crippen LogP contribution in [0.2, 0.25) is 0 Å². The zero-order valence-electron chi connectivity index (χ0n) is 11.1. The van der Waals surface area contributed by atoms with E-state index in [1.165, 1.54) is 17.7 Å². The molecule has 1 fully saturated rings. The van der Waals surface area contributed by atoms with E-state index in [-0.39, 0.29) is 5.82 Å². The van der Waals surface area contributed by atoms with E-state index in [9.17, 15) is 4.39 Å². The smallest absolute Gasteiger partial charge is 0.123 e. The molecule has 0 aromatic heterocycles. The lowest BCUT2D eigenvalue weighted by Gasteiger charge is -2.37. The Bertz CT molecular complexity index is 633. The van der Waals surface area contributed by atoms with Crippen LogP contribution in [0.5, 0.6) is 0 Å². The number of hydrogen-bond acceptors (Lipinski definition) is 1. The molecule has 2 aromatic rings. The Kier molecular flexibility index (Phi) is 3.43. The summed E-state index contributed by atoms with van der Waals surface area (Å²) in [5.74, 6) is 3.00. The molecular formula is C18H16FN. The highest BCUT2D eigenvalue weighted by Crippen LogP contribution is 2.38. The van der Waals surface area contributed by atoms with Crippen LogP contribution in [0.15, 0.2) is 48.5 Å². The van der Waals surface area contributed by atoms with Gasteiger partial charge in [0.15, 0.2) is 0 Å². The van der Waals surface area contributed by atoms with Gasteiger partial charge in [-0.15, -0.1) is 6.42 Å². The van der Waals surface area contributed by atoms with Crippen molar-refractivity contribution in [1.29, 1.82) is 0 Å². The molecule has 2 aromatic carbocycles. The van der Waals surface area contributed by atoms with E-state index in [1.807, 2.05) is 36.4 Å². The van der Waals surface area contributed by atoms with E-state index >= 15 is 0 Å².